The van der Waals surface area contributed by atoms with Gasteiger partial charge < -0.3 is 14.8 Å². The predicted octanol–water partition coefficient (Wildman–Crippen LogP) is 3.72. The number of hydrogen-bond acceptors (Lipinski definition) is 4. The fraction of sp³-hybridized carbons (Fsp3) is 0.158. The first kappa shape index (κ1) is 17.8. The molecule has 6 nitrogen and oxygen atoms in total. The van der Waals surface area contributed by atoms with Gasteiger partial charge in [0, 0.05) is 29.7 Å². The van der Waals surface area contributed by atoms with Gasteiger partial charge in [0.05, 0.1) is 31.4 Å². The quantitative estimate of drug-likeness (QED) is 0.717. The van der Waals surface area contributed by atoms with E-state index in [4.69, 9.17) is 21.1 Å². The molecule has 3 aromatic rings. The Morgan fingerprint density at radius 2 is 2.04 bits per heavy atom. The van der Waals surface area contributed by atoms with E-state index in [1.807, 2.05) is 12.1 Å². The van der Waals surface area contributed by atoms with E-state index in [0.717, 1.165) is 11.3 Å². The largest absolute Gasteiger partial charge is 0.497 e. The Bertz CT molecular complexity index is 910. The van der Waals surface area contributed by atoms with Gasteiger partial charge in [-0.05, 0) is 30.3 Å². The molecule has 2 aromatic carbocycles. The molecule has 0 saturated carbocycles. The van der Waals surface area contributed by atoms with Crippen LogP contribution in [0.4, 0.5) is 5.69 Å². The number of rotatable bonds is 6. The molecule has 0 aliphatic rings. The van der Waals surface area contributed by atoms with Crippen LogP contribution in [-0.2, 0) is 11.2 Å². The number of carbonyl (C=O) groups excluding carboxylic acids is 1. The highest BCUT2D eigenvalue weighted by Crippen LogP contribution is 2.26. The van der Waals surface area contributed by atoms with Crippen molar-refractivity contribution >= 4 is 23.2 Å². The normalized spacial score (nSPS) is 10.4. The van der Waals surface area contributed by atoms with Crippen molar-refractivity contribution in [3.05, 3.63) is 65.4 Å². The lowest BCUT2D eigenvalue weighted by atomic mass is 10.1. The van der Waals surface area contributed by atoms with Crippen LogP contribution in [0, 0.1) is 0 Å². The van der Waals surface area contributed by atoms with Crippen LogP contribution in [0.3, 0.4) is 0 Å². The summed E-state index contributed by atoms with van der Waals surface area (Å²) >= 11 is 6.30. The summed E-state index contributed by atoms with van der Waals surface area (Å²) in [6.45, 7) is 0. The standard InChI is InChI=1S/C19H18ClN3O3/c1-25-15-6-4-13(18(12-15)26-2)10-19(24)22-14-5-7-17(16(20)11-14)23-9-3-8-21-23/h3-9,11-12H,10H2,1-2H3,(H,22,24). The van der Waals surface area contributed by atoms with Crippen molar-refractivity contribution in [1.29, 1.82) is 0 Å². The minimum atomic E-state index is -0.170. The predicted molar refractivity (Wildman–Crippen MR) is 100 cm³/mol. The fourth-order valence-electron chi connectivity index (χ4n) is 2.56. The van der Waals surface area contributed by atoms with E-state index in [1.54, 1.807) is 61.6 Å². The molecule has 26 heavy (non-hydrogen) atoms. The number of aromatic nitrogens is 2. The van der Waals surface area contributed by atoms with Crippen LogP contribution < -0.4 is 14.8 Å². The first-order valence-corrected chi connectivity index (χ1v) is 8.29. The number of anilines is 1. The number of halogens is 1. The Kier molecular flexibility index (Phi) is 5.43. The highest BCUT2D eigenvalue weighted by molar-refractivity contribution is 6.32. The maximum absolute atomic E-state index is 12.4. The Morgan fingerprint density at radius 1 is 1.19 bits per heavy atom. The van der Waals surface area contributed by atoms with Crippen molar-refractivity contribution in [1.82, 2.24) is 9.78 Å². The molecule has 0 fully saturated rings. The summed E-state index contributed by atoms with van der Waals surface area (Å²) in [5.41, 5.74) is 2.12. The molecule has 0 saturated heterocycles. The summed E-state index contributed by atoms with van der Waals surface area (Å²) in [5.74, 6) is 1.11. The molecule has 3 rings (SSSR count). The zero-order valence-corrected chi connectivity index (χ0v) is 15.2. The molecule has 1 aromatic heterocycles. The SMILES string of the molecule is COc1ccc(CC(=O)Nc2ccc(-n3cccn3)c(Cl)c2)c(OC)c1. The van der Waals surface area contributed by atoms with Gasteiger partial charge in [-0.3, -0.25) is 4.79 Å². The summed E-state index contributed by atoms with van der Waals surface area (Å²) in [4.78, 5) is 12.4. The maximum Gasteiger partial charge on any atom is 0.228 e. The third kappa shape index (κ3) is 3.97. The van der Waals surface area contributed by atoms with Gasteiger partial charge >= 0.3 is 0 Å². The van der Waals surface area contributed by atoms with Crippen molar-refractivity contribution < 1.29 is 14.3 Å². The number of nitrogens with one attached hydrogen (secondary N) is 1. The molecule has 134 valence electrons. The van der Waals surface area contributed by atoms with Crippen LogP contribution in [0.15, 0.2) is 54.9 Å². The minimum Gasteiger partial charge on any atom is -0.497 e. The molecule has 7 heteroatoms. The van der Waals surface area contributed by atoms with Gasteiger partial charge in [0.15, 0.2) is 0 Å². The number of nitrogens with zero attached hydrogens (tertiary/aromatic N) is 2. The maximum atomic E-state index is 12.4. The smallest absolute Gasteiger partial charge is 0.228 e. The summed E-state index contributed by atoms with van der Waals surface area (Å²) in [5, 5.41) is 7.49. The van der Waals surface area contributed by atoms with E-state index in [9.17, 15) is 4.79 Å². The van der Waals surface area contributed by atoms with Gasteiger partial charge in [-0.25, -0.2) is 4.68 Å². The number of methoxy groups -OCH3 is 2. The second-order valence-electron chi connectivity index (χ2n) is 5.52. The zero-order valence-electron chi connectivity index (χ0n) is 14.4. The molecule has 0 aliphatic heterocycles. The third-order valence-electron chi connectivity index (χ3n) is 3.83. The van der Waals surface area contributed by atoms with Crippen LogP contribution in [0.5, 0.6) is 11.5 Å². The van der Waals surface area contributed by atoms with Gasteiger partial charge in [0.1, 0.15) is 11.5 Å². The number of ether oxygens (including phenoxy) is 2. The highest BCUT2D eigenvalue weighted by Gasteiger charge is 2.11. The van der Waals surface area contributed by atoms with Crippen LogP contribution >= 0.6 is 11.6 Å². The molecular weight excluding hydrogens is 354 g/mol. The van der Waals surface area contributed by atoms with Gasteiger partial charge in [0.2, 0.25) is 5.91 Å². The lowest BCUT2D eigenvalue weighted by Gasteiger charge is -2.11. The summed E-state index contributed by atoms with van der Waals surface area (Å²) < 4.78 is 12.2. The molecular formula is C19H18ClN3O3. The van der Waals surface area contributed by atoms with Gasteiger partial charge in [-0.15, -0.1) is 0 Å². The second kappa shape index (κ2) is 7.93. The van der Waals surface area contributed by atoms with E-state index in [1.165, 1.54) is 0 Å². The Morgan fingerprint density at radius 3 is 2.69 bits per heavy atom. The van der Waals surface area contributed by atoms with E-state index >= 15 is 0 Å². The van der Waals surface area contributed by atoms with Crippen LogP contribution in [-0.4, -0.2) is 29.9 Å². The average molecular weight is 372 g/mol. The molecule has 0 spiro atoms. The van der Waals surface area contributed by atoms with Crippen LogP contribution in [0.2, 0.25) is 5.02 Å². The van der Waals surface area contributed by atoms with E-state index < -0.39 is 0 Å². The van der Waals surface area contributed by atoms with Crippen molar-refractivity contribution in [3.8, 4) is 17.2 Å². The Hall–Kier alpha value is -2.99. The zero-order chi connectivity index (χ0) is 18.5. The lowest BCUT2D eigenvalue weighted by Crippen LogP contribution is -2.15. The number of carbonyl (C=O) groups is 1. The molecule has 1 heterocycles. The van der Waals surface area contributed by atoms with Crippen molar-refractivity contribution in [2.45, 2.75) is 6.42 Å². The first-order chi connectivity index (χ1) is 12.6. The van der Waals surface area contributed by atoms with E-state index in [0.29, 0.717) is 22.2 Å². The number of hydrogen-bond donors (Lipinski definition) is 1. The molecule has 0 radical (unpaired) electrons. The number of amides is 1. The molecule has 0 aliphatic carbocycles. The van der Waals surface area contributed by atoms with Crippen molar-refractivity contribution in [3.63, 3.8) is 0 Å². The summed E-state index contributed by atoms with van der Waals surface area (Å²) in [6, 6.07) is 12.4. The van der Waals surface area contributed by atoms with Crippen molar-refractivity contribution in [2.75, 3.05) is 19.5 Å². The monoisotopic (exact) mass is 371 g/mol. The fourth-order valence-corrected chi connectivity index (χ4v) is 2.82. The topological polar surface area (TPSA) is 65.4 Å². The Balaban J connectivity index is 1.71. The minimum absolute atomic E-state index is 0.170. The van der Waals surface area contributed by atoms with Crippen LogP contribution in [0.1, 0.15) is 5.56 Å². The lowest BCUT2D eigenvalue weighted by molar-refractivity contribution is -0.115. The number of benzene rings is 2. The van der Waals surface area contributed by atoms with Crippen molar-refractivity contribution in [2.24, 2.45) is 0 Å². The van der Waals surface area contributed by atoms with Gasteiger partial charge in [0.25, 0.3) is 0 Å². The van der Waals surface area contributed by atoms with Crippen LogP contribution in [0.25, 0.3) is 5.69 Å². The third-order valence-corrected chi connectivity index (χ3v) is 4.13. The Labute approximate surface area is 156 Å². The highest BCUT2D eigenvalue weighted by atomic mass is 35.5. The van der Waals surface area contributed by atoms with E-state index in [-0.39, 0.29) is 12.3 Å². The summed E-state index contributed by atoms with van der Waals surface area (Å²) in [7, 11) is 3.14. The molecule has 1 amide bonds. The average Bonchev–Trinajstić information content (AvgIpc) is 3.16. The van der Waals surface area contributed by atoms with Gasteiger partial charge in [-0.2, -0.15) is 5.10 Å². The molecule has 0 atom stereocenters. The molecule has 1 N–H and O–H groups in total. The van der Waals surface area contributed by atoms with E-state index in [2.05, 4.69) is 10.4 Å². The first-order valence-electron chi connectivity index (χ1n) is 7.91. The molecule has 0 unspecified atom stereocenters. The summed E-state index contributed by atoms with van der Waals surface area (Å²) in [6.07, 6.45) is 3.65. The van der Waals surface area contributed by atoms with Gasteiger partial charge in [-0.1, -0.05) is 17.7 Å². The molecule has 0 bridgehead atoms. The second-order valence-corrected chi connectivity index (χ2v) is 5.93.